The van der Waals surface area contributed by atoms with Crippen molar-refractivity contribution in [3.05, 3.63) is 24.3 Å². The number of sulfonamides is 2. The molecule has 2 saturated carbocycles. The summed E-state index contributed by atoms with van der Waals surface area (Å²) < 4.78 is 49.4. The van der Waals surface area contributed by atoms with Crippen LogP contribution in [-0.2, 0) is 20.0 Å². The number of hydrogen-bond acceptors (Lipinski definition) is 4. The molecule has 0 atom stereocenters. The SMILES string of the molecule is NS(=O)(=O)c1ccc(S(=O)(=O)N(CC2CC2)C2CC2)cc1. The molecule has 1 aromatic carbocycles. The zero-order valence-electron chi connectivity index (χ0n) is 11.5. The number of rotatable bonds is 6. The molecule has 2 aliphatic carbocycles. The normalized spacial score (nSPS) is 19.9. The first-order chi connectivity index (χ1) is 9.78. The van der Waals surface area contributed by atoms with Crippen LogP contribution in [0.15, 0.2) is 34.1 Å². The topological polar surface area (TPSA) is 97.5 Å². The second kappa shape index (κ2) is 5.05. The molecule has 3 rings (SSSR count). The van der Waals surface area contributed by atoms with Gasteiger partial charge in [-0.3, -0.25) is 0 Å². The molecule has 0 heterocycles. The molecule has 0 aliphatic heterocycles. The largest absolute Gasteiger partial charge is 0.243 e. The van der Waals surface area contributed by atoms with Gasteiger partial charge in [0.1, 0.15) is 0 Å². The van der Waals surface area contributed by atoms with Gasteiger partial charge in [0, 0.05) is 12.6 Å². The molecule has 2 aliphatic rings. The first kappa shape index (κ1) is 15.0. The average molecular weight is 330 g/mol. The van der Waals surface area contributed by atoms with Crippen LogP contribution in [0.3, 0.4) is 0 Å². The molecule has 0 saturated heterocycles. The van der Waals surface area contributed by atoms with Gasteiger partial charge in [-0.15, -0.1) is 0 Å². The van der Waals surface area contributed by atoms with Gasteiger partial charge >= 0.3 is 0 Å². The molecule has 1 aromatic rings. The van der Waals surface area contributed by atoms with Crippen LogP contribution in [0.5, 0.6) is 0 Å². The molecule has 0 bridgehead atoms. The minimum atomic E-state index is -3.81. The second-order valence-corrected chi connectivity index (χ2v) is 9.22. The zero-order chi connectivity index (χ0) is 15.3. The van der Waals surface area contributed by atoms with Gasteiger partial charge in [-0.25, -0.2) is 22.0 Å². The lowest BCUT2D eigenvalue weighted by Gasteiger charge is -2.21. The van der Waals surface area contributed by atoms with Gasteiger partial charge in [0.2, 0.25) is 20.0 Å². The van der Waals surface area contributed by atoms with E-state index in [4.69, 9.17) is 5.14 Å². The maximum atomic E-state index is 12.7. The van der Waals surface area contributed by atoms with E-state index in [1.54, 1.807) is 4.31 Å². The van der Waals surface area contributed by atoms with Crippen LogP contribution in [-0.4, -0.2) is 33.7 Å². The summed E-state index contributed by atoms with van der Waals surface area (Å²) in [5, 5.41) is 5.02. The predicted molar refractivity (Wildman–Crippen MR) is 77.5 cm³/mol. The maximum Gasteiger partial charge on any atom is 0.243 e. The van der Waals surface area contributed by atoms with Crippen LogP contribution in [0.25, 0.3) is 0 Å². The molecule has 21 heavy (non-hydrogen) atoms. The summed E-state index contributed by atoms with van der Waals surface area (Å²) in [5.74, 6) is 0.476. The molecular weight excluding hydrogens is 312 g/mol. The lowest BCUT2D eigenvalue weighted by atomic mass is 10.4. The van der Waals surface area contributed by atoms with Crippen molar-refractivity contribution in [1.29, 1.82) is 0 Å². The van der Waals surface area contributed by atoms with E-state index in [9.17, 15) is 16.8 Å². The molecule has 116 valence electrons. The minimum absolute atomic E-state index is 0.0818. The van der Waals surface area contributed by atoms with Gasteiger partial charge in [0.25, 0.3) is 0 Å². The quantitative estimate of drug-likeness (QED) is 0.838. The standard InChI is InChI=1S/C13H18N2O4S2/c14-20(16,17)12-5-7-13(8-6-12)21(18,19)15(11-3-4-11)9-10-1-2-10/h5-8,10-11H,1-4,9H2,(H2,14,16,17). The van der Waals surface area contributed by atoms with E-state index < -0.39 is 20.0 Å². The Bertz CT molecular complexity index is 733. The van der Waals surface area contributed by atoms with E-state index in [0.29, 0.717) is 12.5 Å². The average Bonchev–Trinajstić information content (AvgIpc) is 3.27. The molecule has 8 heteroatoms. The van der Waals surface area contributed by atoms with Crippen LogP contribution in [0, 0.1) is 5.92 Å². The molecule has 0 spiro atoms. The fraction of sp³-hybridized carbons (Fsp3) is 0.538. The number of benzene rings is 1. The Hall–Kier alpha value is -0.960. The second-order valence-electron chi connectivity index (χ2n) is 5.77. The Morgan fingerprint density at radius 1 is 0.952 bits per heavy atom. The first-order valence-corrected chi connectivity index (χ1v) is 9.92. The summed E-state index contributed by atoms with van der Waals surface area (Å²) in [6.45, 7) is 0.573. The van der Waals surface area contributed by atoms with Crippen LogP contribution >= 0.6 is 0 Å². The molecule has 2 N–H and O–H groups in total. The van der Waals surface area contributed by atoms with Crippen molar-refractivity contribution in [2.45, 2.75) is 41.5 Å². The molecule has 6 nitrogen and oxygen atoms in total. The van der Waals surface area contributed by atoms with E-state index in [1.165, 1.54) is 24.3 Å². The van der Waals surface area contributed by atoms with Gasteiger partial charge in [-0.1, -0.05) is 0 Å². The Morgan fingerprint density at radius 2 is 1.48 bits per heavy atom. The summed E-state index contributed by atoms with van der Waals surface area (Å²) in [6, 6.07) is 5.22. The van der Waals surface area contributed by atoms with Crippen LogP contribution in [0.2, 0.25) is 0 Å². The monoisotopic (exact) mass is 330 g/mol. The predicted octanol–water partition coefficient (Wildman–Crippen LogP) is 0.897. The lowest BCUT2D eigenvalue weighted by Crippen LogP contribution is -2.35. The molecule has 2 fully saturated rings. The van der Waals surface area contributed by atoms with Crippen LogP contribution in [0.4, 0.5) is 0 Å². The minimum Gasteiger partial charge on any atom is -0.225 e. The third-order valence-corrected chi connectivity index (χ3v) is 6.71. The smallest absolute Gasteiger partial charge is 0.225 e. The van der Waals surface area contributed by atoms with Gasteiger partial charge in [-0.2, -0.15) is 4.31 Å². The summed E-state index contributed by atoms with van der Waals surface area (Å²) in [7, 11) is -7.36. The lowest BCUT2D eigenvalue weighted by molar-refractivity contribution is 0.388. The van der Waals surface area contributed by atoms with Crippen LogP contribution < -0.4 is 5.14 Å². The zero-order valence-corrected chi connectivity index (χ0v) is 13.1. The fourth-order valence-corrected chi connectivity index (χ4v) is 4.57. The van der Waals surface area contributed by atoms with E-state index in [0.717, 1.165) is 25.7 Å². The van der Waals surface area contributed by atoms with Gasteiger partial charge in [-0.05, 0) is 55.9 Å². The van der Waals surface area contributed by atoms with Crippen molar-refractivity contribution in [1.82, 2.24) is 4.31 Å². The molecule has 0 unspecified atom stereocenters. The summed E-state index contributed by atoms with van der Waals surface area (Å²) in [5.41, 5.74) is 0. The number of nitrogens with two attached hydrogens (primary N) is 1. The highest BCUT2D eigenvalue weighted by Gasteiger charge is 2.41. The van der Waals surface area contributed by atoms with Gasteiger partial charge in [0.05, 0.1) is 9.79 Å². The van der Waals surface area contributed by atoms with Crippen molar-refractivity contribution in [2.24, 2.45) is 11.1 Å². The fourth-order valence-electron chi connectivity index (χ4n) is 2.30. The van der Waals surface area contributed by atoms with Crippen molar-refractivity contribution < 1.29 is 16.8 Å². The Morgan fingerprint density at radius 3 is 1.90 bits per heavy atom. The Balaban J connectivity index is 1.89. The summed E-state index contributed by atoms with van der Waals surface area (Å²) in [4.78, 5) is 0.0454. The highest BCUT2D eigenvalue weighted by atomic mass is 32.2. The maximum absolute atomic E-state index is 12.7. The molecular formula is C13H18N2O4S2. The Labute approximate surface area is 125 Å². The summed E-state index contributed by atoms with van der Waals surface area (Å²) >= 11 is 0. The van der Waals surface area contributed by atoms with Gasteiger partial charge < -0.3 is 0 Å². The number of primary sulfonamides is 1. The third-order valence-electron chi connectivity index (χ3n) is 3.85. The molecule has 0 amide bonds. The Kier molecular flexibility index (Phi) is 3.59. The summed E-state index contributed by atoms with van der Waals surface area (Å²) in [6.07, 6.45) is 3.98. The first-order valence-electron chi connectivity index (χ1n) is 6.93. The third kappa shape index (κ3) is 3.28. The van der Waals surface area contributed by atoms with E-state index >= 15 is 0 Å². The molecule has 0 aromatic heterocycles. The van der Waals surface area contributed by atoms with Gasteiger partial charge in [0.15, 0.2) is 0 Å². The van der Waals surface area contributed by atoms with E-state index in [-0.39, 0.29) is 15.8 Å². The van der Waals surface area contributed by atoms with Crippen molar-refractivity contribution in [3.63, 3.8) is 0 Å². The van der Waals surface area contributed by atoms with E-state index in [2.05, 4.69) is 0 Å². The highest BCUT2D eigenvalue weighted by molar-refractivity contribution is 7.89. The van der Waals surface area contributed by atoms with E-state index in [1.807, 2.05) is 0 Å². The number of nitrogens with zero attached hydrogens (tertiary/aromatic N) is 1. The van der Waals surface area contributed by atoms with Crippen molar-refractivity contribution in [3.8, 4) is 0 Å². The van der Waals surface area contributed by atoms with Crippen LogP contribution in [0.1, 0.15) is 25.7 Å². The van der Waals surface area contributed by atoms with Crippen molar-refractivity contribution in [2.75, 3.05) is 6.54 Å². The number of hydrogen-bond donors (Lipinski definition) is 1. The van der Waals surface area contributed by atoms with Crippen molar-refractivity contribution >= 4 is 20.0 Å². The highest BCUT2D eigenvalue weighted by Crippen LogP contribution is 2.38. The molecule has 0 radical (unpaired) electrons.